The fourth-order valence-corrected chi connectivity index (χ4v) is 1.07. The fraction of sp³-hybridized carbons (Fsp3) is 1.00. The summed E-state index contributed by atoms with van der Waals surface area (Å²) in [7, 11) is 5.06. The van der Waals surface area contributed by atoms with Gasteiger partial charge in [-0.05, 0) is 6.42 Å². The van der Waals surface area contributed by atoms with Crippen molar-refractivity contribution in [2.45, 2.75) is 37.8 Å². The molecule has 4 N–H and O–H groups in total. The fourth-order valence-electron chi connectivity index (χ4n) is 1.07. The van der Waals surface area contributed by atoms with Crippen LogP contribution in [0.4, 0.5) is 0 Å². The van der Waals surface area contributed by atoms with Crippen LogP contribution in [-0.4, -0.2) is 65.8 Å². The first-order valence-electron chi connectivity index (χ1n) is 4.55. The van der Waals surface area contributed by atoms with Gasteiger partial charge in [-0.15, -0.1) is 0 Å². The van der Waals surface area contributed by atoms with Gasteiger partial charge in [0.1, 0.15) is 26.2 Å². The van der Waals surface area contributed by atoms with Crippen LogP contribution >= 0.6 is 0 Å². The molecule has 0 bridgehead atoms. The highest BCUT2D eigenvalue weighted by atomic mass is 16.5. The van der Waals surface area contributed by atoms with Crippen LogP contribution in [0.1, 0.15) is 13.3 Å². The van der Waals surface area contributed by atoms with E-state index < -0.39 is 31.0 Å². The monoisotopic (exact) mass is 204 g/mol. The Morgan fingerprint density at radius 2 is 1.79 bits per heavy atom. The molecular formula is C8H17BO5. The number of hydrogen-bond donors (Lipinski definition) is 4. The van der Waals surface area contributed by atoms with Gasteiger partial charge in [-0.25, -0.2) is 0 Å². The van der Waals surface area contributed by atoms with Crippen molar-refractivity contribution in [1.82, 2.24) is 0 Å². The molecule has 0 aliphatic carbocycles. The predicted molar refractivity (Wildman–Crippen MR) is 50.9 cm³/mol. The van der Waals surface area contributed by atoms with Gasteiger partial charge in [0.15, 0.2) is 0 Å². The minimum Gasteiger partial charge on any atom is -0.394 e. The largest absolute Gasteiger partial charge is 0.394 e. The third-order valence-electron chi connectivity index (χ3n) is 2.03. The van der Waals surface area contributed by atoms with E-state index >= 15 is 0 Å². The Hall–Kier alpha value is -0.135. The van der Waals surface area contributed by atoms with E-state index in [2.05, 4.69) is 0 Å². The summed E-state index contributed by atoms with van der Waals surface area (Å²) in [6.07, 6.45) is -4.40. The predicted octanol–water partition coefficient (Wildman–Crippen LogP) is -2.02. The molecule has 4 atom stereocenters. The van der Waals surface area contributed by atoms with Crippen LogP contribution in [0.25, 0.3) is 0 Å². The van der Waals surface area contributed by atoms with E-state index in [0.717, 1.165) is 0 Å². The van der Waals surface area contributed by atoms with Crippen LogP contribution in [0.3, 0.4) is 0 Å². The Morgan fingerprint density at radius 1 is 1.21 bits per heavy atom. The molecule has 0 spiro atoms. The zero-order chi connectivity index (χ0) is 11.1. The Balaban J connectivity index is 4.17. The van der Waals surface area contributed by atoms with Crippen molar-refractivity contribution in [3.05, 3.63) is 0 Å². The zero-order valence-corrected chi connectivity index (χ0v) is 8.21. The average molecular weight is 204 g/mol. The molecule has 0 aromatic heterocycles. The minimum absolute atomic E-state index is 0.169. The third-order valence-corrected chi connectivity index (χ3v) is 2.03. The van der Waals surface area contributed by atoms with Crippen molar-refractivity contribution in [3.8, 4) is 0 Å². The highest BCUT2D eigenvalue weighted by Crippen LogP contribution is 2.09. The molecule has 0 aliphatic rings. The van der Waals surface area contributed by atoms with Crippen molar-refractivity contribution in [2.24, 2.45) is 0 Å². The number of ether oxygens (including phenoxy) is 1. The first-order valence-corrected chi connectivity index (χ1v) is 4.55. The van der Waals surface area contributed by atoms with Gasteiger partial charge in [-0.3, -0.25) is 0 Å². The molecule has 0 rings (SSSR count). The molecule has 82 valence electrons. The SMILES string of the molecule is [B]CO[C@H](CO)[C@@H](O)[C@H](O)[C@H](O)CC. The summed E-state index contributed by atoms with van der Waals surface area (Å²) in [5, 5.41) is 36.9. The summed E-state index contributed by atoms with van der Waals surface area (Å²) >= 11 is 0. The maximum absolute atomic E-state index is 9.46. The molecule has 14 heavy (non-hydrogen) atoms. The molecule has 2 radical (unpaired) electrons. The highest BCUT2D eigenvalue weighted by molar-refractivity contribution is 6.08. The molecular weight excluding hydrogens is 187 g/mol. The second kappa shape index (κ2) is 7.20. The summed E-state index contributed by atoms with van der Waals surface area (Å²) in [5.41, 5.74) is 0. The maximum Gasteiger partial charge on any atom is 0.111 e. The molecule has 0 aromatic rings. The molecule has 0 saturated carbocycles. The lowest BCUT2D eigenvalue weighted by Gasteiger charge is -2.27. The second-order valence-electron chi connectivity index (χ2n) is 3.01. The highest BCUT2D eigenvalue weighted by Gasteiger charge is 2.30. The lowest BCUT2D eigenvalue weighted by molar-refractivity contribution is -0.128. The van der Waals surface area contributed by atoms with E-state index in [1.54, 1.807) is 6.92 Å². The molecule has 0 heterocycles. The summed E-state index contributed by atoms with van der Waals surface area (Å²) in [6, 6.07) is 0. The van der Waals surface area contributed by atoms with Gasteiger partial charge in [0.05, 0.1) is 12.7 Å². The number of aliphatic hydroxyl groups excluding tert-OH is 4. The van der Waals surface area contributed by atoms with Crippen LogP contribution in [0.15, 0.2) is 0 Å². The number of hydrogen-bond acceptors (Lipinski definition) is 5. The molecule has 0 amide bonds. The average Bonchev–Trinajstić information content (AvgIpc) is 2.22. The van der Waals surface area contributed by atoms with Gasteiger partial charge in [-0.1, -0.05) is 6.92 Å². The van der Waals surface area contributed by atoms with E-state index in [9.17, 15) is 15.3 Å². The first kappa shape index (κ1) is 13.9. The summed E-state index contributed by atoms with van der Waals surface area (Å²) in [6.45, 7) is 1.03. The third kappa shape index (κ3) is 3.94. The van der Waals surface area contributed by atoms with Gasteiger partial charge < -0.3 is 25.2 Å². The molecule has 0 aliphatic heterocycles. The molecule has 0 saturated heterocycles. The van der Waals surface area contributed by atoms with Crippen LogP contribution < -0.4 is 0 Å². The van der Waals surface area contributed by atoms with Crippen molar-refractivity contribution < 1.29 is 25.2 Å². The topological polar surface area (TPSA) is 90.2 Å². The van der Waals surface area contributed by atoms with Gasteiger partial charge in [0.2, 0.25) is 0 Å². The maximum atomic E-state index is 9.46. The van der Waals surface area contributed by atoms with E-state index in [1.807, 2.05) is 0 Å². The number of rotatable bonds is 7. The van der Waals surface area contributed by atoms with Crippen molar-refractivity contribution in [2.75, 3.05) is 13.1 Å². The molecule has 5 nitrogen and oxygen atoms in total. The zero-order valence-electron chi connectivity index (χ0n) is 8.21. The lowest BCUT2D eigenvalue weighted by Crippen LogP contribution is -2.46. The summed E-state index contributed by atoms with van der Waals surface area (Å²) in [4.78, 5) is 0. The van der Waals surface area contributed by atoms with Crippen LogP contribution in [0, 0.1) is 0 Å². The lowest BCUT2D eigenvalue weighted by atomic mass is 10.0. The molecule has 0 unspecified atom stereocenters. The van der Waals surface area contributed by atoms with Crippen LogP contribution in [0.2, 0.25) is 0 Å². The quantitative estimate of drug-likeness (QED) is 0.359. The van der Waals surface area contributed by atoms with E-state index in [-0.39, 0.29) is 6.51 Å². The normalized spacial score (nSPS) is 20.1. The smallest absolute Gasteiger partial charge is 0.111 e. The second-order valence-corrected chi connectivity index (χ2v) is 3.01. The van der Waals surface area contributed by atoms with Gasteiger partial charge in [0.25, 0.3) is 0 Å². The van der Waals surface area contributed by atoms with Crippen molar-refractivity contribution in [1.29, 1.82) is 0 Å². The van der Waals surface area contributed by atoms with Crippen molar-refractivity contribution >= 4 is 7.85 Å². The summed E-state index contributed by atoms with van der Waals surface area (Å²) in [5.74, 6) is 0. The van der Waals surface area contributed by atoms with E-state index in [0.29, 0.717) is 6.42 Å². The summed E-state index contributed by atoms with van der Waals surface area (Å²) < 4.78 is 4.78. The Labute approximate surface area is 84.7 Å². The van der Waals surface area contributed by atoms with E-state index in [1.165, 1.54) is 0 Å². The first-order chi connectivity index (χ1) is 6.58. The Kier molecular flexibility index (Phi) is 7.13. The van der Waals surface area contributed by atoms with Crippen LogP contribution in [0.5, 0.6) is 0 Å². The standard InChI is InChI=1S/C8H17BO5/c1-2-5(11)7(12)8(13)6(3-10)14-4-9/h5-8,10-13H,2-4H2,1H3/t5-,6-,7-,8-/m1/s1. The Bertz CT molecular complexity index is 144. The minimum atomic E-state index is -1.35. The molecule has 6 heteroatoms. The Morgan fingerprint density at radius 3 is 2.14 bits per heavy atom. The van der Waals surface area contributed by atoms with Crippen LogP contribution in [-0.2, 0) is 4.74 Å². The molecule has 0 fully saturated rings. The molecule has 0 aromatic carbocycles. The van der Waals surface area contributed by atoms with Gasteiger partial charge in [-0.2, -0.15) is 0 Å². The number of aliphatic hydroxyl groups is 4. The van der Waals surface area contributed by atoms with E-state index in [4.69, 9.17) is 17.7 Å². The van der Waals surface area contributed by atoms with Crippen molar-refractivity contribution in [3.63, 3.8) is 0 Å². The van der Waals surface area contributed by atoms with Gasteiger partial charge >= 0.3 is 0 Å². The van der Waals surface area contributed by atoms with Gasteiger partial charge in [0, 0.05) is 6.51 Å².